The second-order valence-electron chi connectivity index (χ2n) is 6.73. The van der Waals surface area contributed by atoms with Crippen LogP contribution in [0, 0.1) is 11.6 Å². The molecule has 0 aromatic heterocycles. The molecule has 1 aliphatic rings. The fourth-order valence-electron chi connectivity index (χ4n) is 3.28. The van der Waals surface area contributed by atoms with E-state index < -0.39 is 17.9 Å². The summed E-state index contributed by atoms with van der Waals surface area (Å²) in [6.07, 6.45) is 2.29. The van der Waals surface area contributed by atoms with Crippen molar-refractivity contribution in [2.75, 3.05) is 13.2 Å². The lowest BCUT2D eigenvalue weighted by Crippen LogP contribution is -2.27. The number of hydrogen-bond acceptors (Lipinski definition) is 3. The van der Waals surface area contributed by atoms with Crippen LogP contribution >= 0.6 is 0 Å². The van der Waals surface area contributed by atoms with Crippen LogP contribution in [0.4, 0.5) is 8.78 Å². The van der Waals surface area contributed by atoms with Crippen molar-refractivity contribution in [2.45, 2.75) is 51.9 Å². The van der Waals surface area contributed by atoms with E-state index in [0.717, 1.165) is 19.3 Å². The minimum Gasteiger partial charge on any atom is -0.491 e. The number of aryl methyl sites for hydroxylation is 1. The van der Waals surface area contributed by atoms with Gasteiger partial charge in [-0.15, -0.1) is 0 Å². The van der Waals surface area contributed by atoms with E-state index in [4.69, 9.17) is 14.2 Å². The molecule has 0 spiro atoms. The van der Waals surface area contributed by atoms with Crippen molar-refractivity contribution in [1.29, 1.82) is 0 Å². The number of ether oxygens (including phenoxy) is 3. The average Bonchev–Trinajstić information content (AvgIpc) is 2.71. The van der Waals surface area contributed by atoms with E-state index in [9.17, 15) is 8.78 Å². The topological polar surface area (TPSA) is 27.7 Å². The summed E-state index contributed by atoms with van der Waals surface area (Å²) >= 11 is 0. The summed E-state index contributed by atoms with van der Waals surface area (Å²) in [6, 6.07) is 11.5. The Balaban J connectivity index is 1.51. The van der Waals surface area contributed by atoms with Crippen molar-refractivity contribution >= 4 is 0 Å². The van der Waals surface area contributed by atoms with Crippen molar-refractivity contribution in [1.82, 2.24) is 0 Å². The average molecular weight is 376 g/mol. The van der Waals surface area contributed by atoms with E-state index in [-0.39, 0.29) is 24.5 Å². The van der Waals surface area contributed by atoms with Gasteiger partial charge >= 0.3 is 0 Å². The van der Waals surface area contributed by atoms with Gasteiger partial charge in [0.25, 0.3) is 0 Å². The lowest BCUT2D eigenvalue weighted by Gasteiger charge is -2.29. The van der Waals surface area contributed by atoms with E-state index in [0.29, 0.717) is 12.5 Å². The summed E-state index contributed by atoms with van der Waals surface area (Å²) < 4.78 is 44.5. The first-order valence-corrected chi connectivity index (χ1v) is 9.54. The molecule has 1 heterocycles. The van der Waals surface area contributed by atoms with Crippen molar-refractivity contribution in [3.8, 4) is 5.75 Å². The molecule has 1 saturated heterocycles. The van der Waals surface area contributed by atoms with E-state index in [1.165, 1.54) is 23.3 Å². The van der Waals surface area contributed by atoms with Crippen LogP contribution in [0.15, 0.2) is 36.4 Å². The summed E-state index contributed by atoms with van der Waals surface area (Å²) in [5, 5.41) is 0. The molecule has 27 heavy (non-hydrogen) atoms. The van der Waals surface area contributed by atoms with Crippen LogP contribution in [0.5, 0.6) is 5.75 Å². The zero-order valence-corrected chi connectivity index (χ0v) is 15.8. The monoisotopic (exact) mass is 376 g/mol. The molecular weight excluding hydrogens is 350 g/mol. The maximum atomic E-state index is 14.1. The van der Waals surface area contributed by atoms with E-state index in [1.54, 1.807) is 6.92 Å². The number of rotatable bonds is 7. The molecule has 0 bridgehead atoms. The van der Waals surface area contributed by atoms with Gasteiger partial charge in [0.15, 0.2) is 17.9 Å². The summed E-state index contributed by atoms with van der Waals surface area (Å²) in [5.74, 6) is -1.64. The number of halogens is 2. The second kappa shape index (κ2) is 9.29. The van der Waals surface area contributed by atoms with E-state index in [1.807, 2.05) is 0 Å². The molecule has 0 N–H and O–H groups in total. The van der Waals surface area contributed by atoms with Gasteiger partial charge in [-0.25, -0.2) is 4.39 Å². The fourth-order valence-corrected chi connectivity index (χ4v) is 3.28. The van der Waals surface area contributed by atoms with Gasteiger partial charge < -0.3 is 14.2 Å². The predicted molar refractivity (Wildman–Crippen MR) is 99.9 cm³/mol. The molecule has 0 saturated carbocycles. The molecule has 3 rings (SSSR count). The fraction of sp³-hybridized carbons (Fsp3) is 0.455. The summed E-state index contributed by atoms with van der Waals surface area (Å²) in [4.78, 5) is 0. The first kappa shape index (κ1) is 19.8. The number of hydrogen-bond donors (Lipinski definition) is 0. The maximum absolute atomic E-state index is 14.1. The first-order chi connectivity index (χ1) is 13.1. The Morgan fingerprint density at radius 3 is 2.41 bits per heavy atom. The maximum Gasteiger partial charge on any atom is 0.200 e. The van der Waals surface area contributed by atoms with Crippen LogP contribution < -0.4 is 4.74 Å². The van der Waals surface area contributed by atoms with Gasteiger partial charge in [-0.3, -0.25) is 0 Å². The Labute approximate surface area is 159 Å². The van der Waals surface area contributed by atoms with Gasteiger partial charge in [-0.05, 0) is 49.4 Å². The molecule has 3 nitrogen and oxygen atoms in total. The Morgan fingerprint density at radius 2 is 1.78 bits per heavy atom. The highest BCUT2D eigenvalue weighted by Crippen LogP contribution is 2.30. The minimum absolute atomic E-state index is 0.0321. The van der Waals surface area contributed by atoms with Gasteiger partial charge in [0.1, 0.15) is 0 Å². The standard InChI is InChI=1S/C22H26F2O3/c1-3-15-5-7-16(8-6-15)17-10-12-20(26-13-17)27-14-18-9-11-19(25-4-2)22(24)21(18)23/h5-9,11,17,20H,3-4,10,12-14H2,1-2H3. The third kappa shape index (κ3) is 4.85. The molecule has 2 aromatic carbocycles. The second-order valence-corrected chi connectivity index (χ2v) is 6.73. The first-order valence-electron chi connectivity index (χ1n) is 9.54. The molecular formula is C22H26F2O3. The molecule has 0 amide bonds. The highest BCUT2D eigenvalue weighted by molar-refractivity contribution is 5.31. The Hall–Kier alpha value is -1.98. The summed E-state index contributed by atoms with van der Waals surface area (Å²) in [6.45, 7) is 4.68. The van der Waals surface area contributed by atoms with Gasteiger partial charge in [-0.1, -0.05) is 31.2 Å². The molecule has 146 valence electrons. The Bertz CT molecular complexity index is 738. The SMILES string of the molecule is CCOc1ccc(COC2CCC(c3ccc(CC)cc3)CO2)c(F)c1F. The van der Waals surface area contributed by atoms with Crippen LogP contribution in [-0.2, 0) is 22.5 Å². The van der Waals surface area contributed by atoms with Crippen LogP contribution in [0.25, 0.3) is 0 Å². The lowest BCUT2D eigenvalue weighted by atomic mass is 9.92. The highest BCUT2D eigenvalue weighted by Gasteiger charge is 2.24. The largest absolute Gasteiger partial charge is 0.491 e. The Kier molecular flexibility index (Phi) is 6.80. The lowest BCUT2D eigenvalue weighted by molar-refractivity contribution is -0.174. The van der Waals surface area contributed by atoms with E-state index in [2.05, 4.69) is 31.2 Å². The van der Waals surface area contributed by atoms with Crippen molar-refractivity contribution in [3.05, 3.63) is 64.7 Å². The third-order valence-electron chi connectivity index (χ3n) is 4.94. The minimum atomic E-state index is -0.974. The molecule has 1 fully saturated rings. The summed E-state index contributed by atoms with van der Waals surface area (Å²) in [7, 11) is 0. The smallest absolute Gasteiger partial charge is 0.200 e. The molecule has 2 unspecified atom stereocenters. The van der Waals surface area contributed by atoms with Gasteiger partial charge in [0, 0.05) is 11.5 Å². The van der Waals surface area contributed by atoms with E-state index >= 15 is 0 Å². The van der Waals surface area contributed by atoms with Gasteiger partial charge in [0.2, 0.25) is 5.82 Å². The van der Waals surface area contributed by atoms with Crippen molar-refractivity contribution in [3.63, 3.8) is 0 Å². The van der Waals surface area contributed by atoms with Crippen molar-refractivity contribution < 1.29 is 23.0 Å². The van der Waals surface area contributed by atoms with Crippen LogP contribution in [-0.4, -0.2) is 19.5 Å². The van der Waals surface area contributed by atoms with Crippen LogP contribution in [0.2, 0.25) is 0 Å². The molecule has 2 aromatic rings. The zero-order valence-electron chi connectivity index (χ0n) is 15.8. The highest BCUT2D eigenvalue weighted by atomic mass is 19.2. The predicted octanol–water partition coefficient (Wildman–Crippen LogP) is 5.36. The van der Waals surface area contributed by atoms with Crippen LogP contribution in [0.3, 0.4) is 0 Å². The Morgan fingerprint density at radius 1 is 1.00 bits per heavy atom. The van der Waals surface area contributed by atoms with Crippen molar-refractivity contribution in [2.24, 2.45) is 0 Å². The quantitative estimate of drug-likeness (QED) is 0.651. The normalized spacial score (nSPS) is 19.9. The molecule has 2 atom stereocenters. The molecule has 0 aliphatic carbocycles. The molecule has 1 aliphatic heterocycles. The molecule has 0 radical (unpaired) electrons. The van der Waals surface area contributed by atoms with Crippen LogP contribution in [0.1, 0.15) is 49.3 Å². The third-order valence-corrected chi connectivity index (χ3v) is 4.94. The zero-order chi connectivity index (χ0) is 19.2. The van der Waals surface area contributed by atoms with Gasteiger partial charge in [-0.2, -0.15) is 4.39 Å². The number of benzene rings is 2. The molecule has 5 heteroatoms. The van der Waals surface area contributed by atoms with Gasteiger partial charge in [0.05, 0.1) is 19.8 Å². The summed E-state index contributed by atoms with van der Waals surface area (Å²) in [5.41, 5.74) is 2.75.